The SMILES string of the molecule is Cc1cnn(C)c1C(O)c1cc(C(F)(F)F)ccc1Br. The van der Waals surface area contributed by atoms with Crippen LogP contribution in [0.4, 0.5) is 13.2 Å². The van der Waals surface area contributed by atoms with Crippen molar-refractivity contribution >= 4 is 15.9 Å². The average molecular weight is 349 g/mol. The first-order chi connectivity index (χ1) is 9.21. The van der Waals surface area contributed by atoms with Crippen molar-refractivity contribution in [2.45, 2.75) is 19.2 Å². The Morgan fingerprint density at radius 1 is 1.35 bits per heavy atom. The van der Waals surface area contributed by atoms with Gasteiger partial charge in [0, 0.05) is 17.1 Å². The number of aliphatic hydroxyl groups is 1. The molecule has 0 aliphatic heterocycles. The van der Waals surface area contributed by atoms with Gasteiger partial charge in [0.2, 0.25) is 0 Å². The summed E-state index contributed by atoms with van der Waals surface area (Å²) in [5.41, 5.74) is 0.537. The van der Waals surface area contributed by atoms with Crippen LogP contribution in [0.15, 0.2) is 28.9 Å². The molecule has 0 spiro atoms. The minimum Gasteiger partial charge on any atom is -0.382 e. The first kappa shape index (κ1) is 15.1. The van der Waals surface area contributed by atoms with Gasteiger partial charge in [-0.05, 0) is 30.7 Å². The topological polar surface area (TPSA) is 38.0 Å². The molecule has 2 aromatic rings. The van der Waals surface area contributed by atoms with Crippen LogP contribution >= 0.6 is 15.9 Å². The third kappa shape index (κ3) is 2.73. The van der Waals surface area contributed by atoms with Gasteiger partial charge < -0.3 is 5.11 Å². The van der Waals surface area contributed by atoms with E-state index in [4.69, 9.17) is 0 Å². The Balaban J connectivity index is 2.52. The van der Waals surface area contributed by atoms with E-state index in [0.717, 1.165) is 12.1 Å². The van der Waals surface area contributed by atoms with Crippen molar-refractivity contribution in [2.24, 2.45) is 7.05 Å². The van der Waals surface area contributed by atoms with Crippen LogP contribution in [0.3, 0.4) is 0 Å². The van der Waals surface area contributed by atoms with Crippen LogP contribution in [0.2, 0.25) is 0 Å². The summed E-state index contributed by atoms with van der Waals surface area (Å²) in [5, 5.41) is 14.3. The Hall–Kier alpha value is -1.34. The molecule has 1 unspecified atom stereocenters. The van der Waals surface area contributed by atoms with E-state index in [-0.39, 0.29) is 5.56 Å². The molecule has 0 fully saturated rings. The molecule has 1 atom stereocenters. The first-order valence-corrected chi connectivity index (χ1v) is 6.54. The zero-order valence-electron chi connectivity index (χ0n) is 10.7. The maximum atomic E-state index is 12.7. The molecular weight excluding hydrogens is 337 g/mol. The van der Waals surface area contributed by atoms with E-state index in [0.29, 0.717) is 15.7 Å². The predicted molar refractivity (Wildman–Crippen MR) is 71.2 cm³/mol. The van der Waals surface area contributed by atoms with Crippen molar-refractivity contribution in [3.8, 4) is 0 Å². The van der Waals surface area contributed by atoms with Crippen LogP contribution in [0.1, 0.15) is 28.5 Å². The lowest BCUT2D eigenvalue weighted by Gasteiger charge is -2.17. The predicted octanol–water partition coefficient (Wildman–Crippen LogP) is 3.59. The lowest BCUT2D eigenvalue weighted by molar-refractivity contribution is -0.137. The van der Waals surface area contributed by atoms with Crippen molar-refractivity contribution in [3.63, 3.8) is 0 Å². The number of aliphatic hydroxyl groups excluding tert-OH is 1. The van der Waals surface area contributed by atoms with Crippen LogP contribution in [-0.4, -0.2) is 14.9 Å². The molecule has 0 saturated carbocycles. The van der Waals surface area contributed by atoms with Gasteiger partial charge in [-0.2, -0.15) is 18.3 Å². The van der Waals surface area contributed by atoms with E-state index < -0.39 is 17.8 Å². The summed E-state index contributed by atoms with van der Waals surface area (Å²) in [4.78, 5) is 0. The highest BCUT2D eigenvalue weighted by atomic mass is 79.9. The van der Waals surface area contributed by atoms with Crippen LogP contribution in [0.25, 0.3) is 0 Å². The molecule has 1 N–H and O–H groups in total. The number of aromatic nitrogens is 2. The van der Waals surface area contributed by atoms with Crippen LogP contribution in [-0.2, 0) is 13.2 Å². The number of hydrogen-bond acceptors (Lipinski definition) is 2. The number of aryl methyl sites for hydroxylation is 2. The van der Waals surface area contributed by atoms with Gasteiger partial charge in [-0.15, -0.1) is 0 Å². The van der Waals surface area contributed by atoms with E-state index in [1.807, 2.05) is 0 Å². The molecule has 0 radical (unpaired) electrons. The summed E-state index contributed by atoms with van der Waals surface area (Å²) >= 11 is 3.18. The Bertz CT molecular complexity index is 618. The summed E-state index contributed by atoms with van der Waals surface area (Å²) in [6.07, 6.45) is -4.07. The Kier molecular flexibility index (Phi) is 3.93. The molecule has 108 valence electrons. The number of benzene rings is 1. The van der Waals surface area contributed by atoms with Gasteiger partial charge in [0.15, 0.2) is 0 Å². The van der Waals surface area contributed by atoms with E-state index >= 15 is 0 Å². The maximum Gasteiger partial charge on any atom is 0.416 e. The second-order valence-corrected chi connectivity index (χ2v) is 5.33. The lowest BCUT2D eigenvalue weighted by Crippen LogP contribution is -2.11. The zero-order chi connectivity index (χ0) is 15.1. The average Bonchev–Trinajstić information content (AvgIpc) is 2.67. The minimum absolute atomic E-state index is 0.159. The fourth-order valence-electron chi connectivity index (χ4n) is 2.03. The number of rotatable bonds is 2. The largest absolute Gasteiger partial charge is 0.416 e. The smallest absolute Gasteiger partial charge is 0.382 e. The van der Waals surface area contributed by atoms with Gasteiger partial charge in [-0.25, -0.2) is 0 Å². The van der Waals surface area contributed by atoms with E-state index in [1.54, 1.807) is 20.2 Å². The third-order valence-corrected chi connectivity index (χ3v) is 3.78. The highest BCUT2D eigenvalue weighted by Gasteiger charge is 2.32. The van der Waals surface area contributed by atoms with Crippen LogP contribution in [0.5, 0.6) is 0 Å². The van der Waals surface area contributed by atoms with Gasteiger partial charge in [-0.3, -0.25) is 4.68 Å². The fraction of sp³-hybridized carbons (Fsp3) is 0.308. The molecule has 0 bridgehead atoms. The van der Waals surface area contributed by atoms with E-state index in [2.05, 4.69) is 21.0 Å². The standard InChI is InChI=1S/C13H12BrF3N2O/c1-7-6-18-19(2)11(7)12(20)9-5-8(13(15,16)17)3-4-10(9)14/h3-6,12,20H,1-2H3. The number of hydrogen-bond donors (Lipinski definition) is 1. The van der Waals surface area contributed by atoms with E-state index in [1.165, 1.54) is 10.7 Å². The molecule has 7 heteroatoms. The van der Waals surface area contributed by atoms with Gasteiger partial charge >= 0.3 is 6.18 Å². The summed E-state index contributed by atoms with van der Waals surface area (Å²) in [7, 11) is 1.63. The Morgan fingerprint density at radius 3 is 2.50 bits per heavy atom. The molecule has 1 heterocycles. The minimum atomic E-state index is -4.45. The molecule has 0 aliphatic carbocycles. The van der Waals surface area contributed by atoms with Crippen LogP contribution < -0.4 is 0 Å². The highest BCUT2D eigenvalue weighted by Crippen LogP contribution is 2.36. The summed E-state index contributed by atoms with van der Waals surface area (Å²) in [6.45, 7) is 1.74. The molecule has 1 aromatic carbocycles. The molecular formula is C13H12BrF3N2O. The van der Waals surface area contributed by atoms with Gasteiger partial charge in [-0.1, -0.05) is 15.9 Å². The second kappa shape index (κ2) is 5.21. The highest BCUT2D eigenvalue weighted by molar-refractivity contribution is 9.10. The first-order valence-electron chi connectivity index (χ1n) is 5.75. The summed E-state index contributed by atoms with van der Waals surface area (Å²) in [5.74, 6) is 0. The third-order valence-electron chi connectivity index (χ3n) is 3.05. The van der Waals surface area contributed by atoms with E-state index in [9.17, 15) is 18.3 Å². The maximum absolute atomic E-state index is 12.7. The molecule has 2 rings (SSSR count). The normalized spacial score (nSPS) is 13.6. The number of halogens is 4. The summed E-state index contributed by atoms with van der Waals surface area (Å²) < 4.78 is 40.1. The lowest BCUT2D eigenvalue weighted by atomic mass is 10.0. The quantitative estimate of drug-likeness (QED) is 0.900. The van der Waals surface area contributed by atoms with Crippen molar-refractivity contribution in [1.29, 1.82) is 0 Å². The molecule has 0 aliphatic rings. The molecule has 1 aromatic heterocycles. The number of alkyl halides is 3. The molecule has 0 saturated heterocycles. The van der Waals surface area contributed by atoms with Gasteiger partial charge in [0.05, 0.1) is 17.5 Å². The summed E-state index contributed by atoms with van der Waals surface area (Å²) in [6, 6.07) is 3.20. The molecule has 3 nitrogen and oxygen atoms in total. The zero-order valence-corrected chi connectivity index (χ0v) is 12.3. The van der Waals surface area contributed by atoms with Crippen molar-refractivity contribution in [2.75, 3.05) is 0 Å². The van der Waals surface area contributed by atoms with Crippen LogP contribution in [0, 0.1) is 6.92 Å². The van der Waals surface area contributed by atoms with Gasteiger partial charge in [0.1, 0.15) is 6.10 Å². The molecule has 0 amide bonds. The van der Waals surface area contributed by atoms with Crippen molar-refractivity contribution in [1.82, 2.24) is 9.78 Å². The number of nitrogens with zero attached hydrogens (tertiary/aromatic N) is 2. The van der Waals surface area contributed by atoms with Crippen molar-refractivity contribution in [3.05, 3.63) is 51.3 Å². The van der Waals surface area contributed by atoms with Crippen molar-refractivity contribution < 1.29 is 18.3 Å². The Labute approximate surface area is 122 Å². The molecule has 20 heavy (non-hydrogen) atoms. The Morgan fingerprint density at radius 2 is 2.00 bits per heavy atom. The fourth-order valence-corrected chi connectivity index (χ4v) is 2.49. The monoisotopic (exact) mass is 348 g/mol. The van der Waals surface area contributed by atoms with Gasteiger partial charge in [0.25, 0.3) is 0 Å². The second-order valence-electron chi connectivity index (χ2n) is 4.47.